The van der Waals surface area contributed by atoms with Crippen molar-refractivity contribution in [1.82, 2.24) is 10.3 Å². The first-order valence-electron chi connectivity index (χ1n) is 9.08. The second-order valence-corrected chi connectivity index (χ2v) is 6.63. The highest BCUT2D eigenvalue weighted by atomic mass is 16.5. The second kappa shape index (κ2) is 8.54. The smallest absolute Gasteiger partial charge is 0.251 e. The van der Waals surface area contributed by atoms with Crippen LogP contribution in [0.25, 0.3) is 10.9 Å². The van der Waals surface area contributed by atoms with Gasteiger partial charge in [-0.25, -0.2) is 0 Å². The number of ether oxygens (including phenoxy) is 1. The van der Waals surface area contributed by atoms with Gasteiger partial charge in [0.25, 0.3) is 5.56 Å². The standard InChI is InChI=1S/C22H24N2O3/c1-15-7-8-17-14-18(22(26)24-19(17)13-15)9-10-21(25)23-12-11-16-5-3-4-6-20(16)27-2/h3-8,13-14H,9-12H2,1-2H3,(H,23,25)(H,24,26). The van der Waals surface area contributed by atoms with Gasteiger partial charge in [-0.1, -0.05) is 30.3 Å². The largest absolute Gasteiger partial charge is 0.496 e. The molecule has 140 valence electrons. The predicted molar refractivity (Wildman–Crippen MR) is 107 cm³/mol. The van der Waals surface area contributed by atoms with Crippen LogP contribution in [0.5, 0.6) is 5.75 Å². The van der Waals surface area contributed by atoms with E-state index in [4.69, 9.17) is 4.74 Å². The molecule has 0 spiro atoms. The maximum atomic E-state index is 12.2. The van der Waals surface area contributed by atoms with Gasteiger partial charge in [0.2, 0.25) is 5.91 Å². The van der Waals surface area contributed by atoms with Crippen molar-refractivity contribution in [2.75, 3.05) is 13.7 Å². The van der Waals surface area contributed by atoms with Gasteiger partial charge < -0.3 is 15.0 Å². The van der Waals surface area contributed by atoms with Gasteiger partial charge >= 0.3 is 0 Å². The minimum atomic E-state index is -0.130. The molecule has 0 aliphatic carbocycles. The van der Waals surface area contributed by atoms with Crippen LogP contribution in [0, 0.1) is 6.92 Å². The number of rotatable bonds is 7. The summed E-state index contributed by atoms with van der Waals surface area (Å²) >= 11 is 0. The fourth-order valence-electron chi connectivity index (χ4n) is 3.13. The zero-order valence-corrected chi connectivity index (χ0v) is 15.7. The Hall–Kier alpha value is -3.08. The summed E-state index contributed by atoms with van der Waals surface area (Å²) in [5.41, 5.74) is 3.48. The SMILES string of the molecule is COc1ccccc1CCNC(=O)CCc1cc2ccc(C)cc2[nH]c1=O. The summed E-state index contributed by atoms with van der Waals surface area (Å²) in [6.07, 6.45) is 1.40. The molecule has 0 fully saturated rings. The minimum Gasteiger partial charge on any atom is -0.496 e. The quantitative estimate of drug-likeness (QED) is 0.677. The highest BCUT2D eigenvalue weighted by molar-refractivity contribution is 5.80. The molecule has 3 rings (SSSR count). The normalized spacial score (nSPS) is 10.7. The summed E-state index contributed by atoms with van der Waals surface area (Å²) in [6.45, 7) is 2.52. The Balaban J connectivity index is 1.54. The Morgan fingerprint density at radius 1 is 1.07 bits per heavy atom. The number of nitrogens with one attached hydrogen (secondary N) is 2. The highest BCUT2D eigenvalue weighted by Gasteiger charge is 2.08. The zero-order valence-electron chi connectivity index (χ0n) is 15.7. The number of methoxy groups -OCH3 is 1. The molecule has 0 aliphatic heterocycles. The van der Waals surface area contributed by atoms with Gasteiger partial charge in [-0.3, -0.25) is 9.59 Å². The number of pyridine rings is 1. The lowest BCUT2D eigenvalue weighted by Gasteiger charge is -2.09. The highest BCUT2D eigenvalue weighted by Crippen LogP contribution is 2.17. The van der Waals surface area contributed by atoms with Crippen molar-refractivity contribution in [3.05, 3.63) is 75.6 Å². The van der Waals surface area contributed by atoms with E-state index >= 15 is 0 Å². The predicted octanol–water partition coefficient (Wildman–Crippen LogP) is 3.14. The van der Waals surface area contributed by atoms with Crippen LogP contribution in [0.2, 0.25) is 0 Å². The van der Waals surface area contributed by atoms with Gasteiger partial charge in [0.1, 0.15) is 5.75 Å². The maximum Gasteiger partial charge on any atom is 0.251 e. The van der Waals surface area contributed by atoms with E-state index in [1.807, 2.05) is 55.5 Å². The Morgan fingerprint density at radius 2 is 1.89 bits per heavy atom. The molecular formula is C22H24N2O3. The van der Waals surface area contributed by atoms with Crippen LogP contribution in [0.4, 0.5) is 0 Å². The number of carbonyl (C=O) groups excluding carboxylic acids is 1. The number of para-hydroxylation sites is 1. The molecule has 27 heavy (non-hydrogen) atoms. The molecule has 2 N–H and O–H groups in total. The first-order valence-corrected chi connectivity index (χ1v) is 9.08. The minimum absolute atomic E-state index is 0.0618. The van der Waals surface area contributed by atoms with E-state index in [9.17, 15) is 9.59 Å². The van der Waals surface area contributed by atoms with Gasteiger partial charge in [0.05, 0.1) is 7.11 Å². The van der Waals surface area contributed by atoms with Gasteiger partial charge in [0.15, 0.2) is 0 Å². The average Bonchev–Trinajstić information content (AvgIpc) is 2.66. The third-order valence-corrected chi connectivity index (χ3v) is 4.61. The molecule has 0 radical (unpaired) electrons. The Kier molecular flexibility index (Phi) is 5.91. The first kappa shape index (κ1) is 18.7. The summed E-state index contributed by atoms with van der Waals surface area (Å²) in [5.74, 6) is 0.762. The monoisotopic (exact) mass is 364 g/mol. The average molecular weight is 364 g/mol. The molecule has 2 aromatic carbocycles. The summed E-state index contributed by atoms with van der Waals surface area (Å²) in [4.78, 5) is 27.3. The third-order valence-electron chi connectivity index (χ3n) is 4.61. The lowest BCUT2D eigenvalue weighted by Crippen LogP contribution is -2.26. The van der Waals surface area contributed by atoms with E-state index in [-0.39, 0.29) is 17.9 Å². The molecule has 5 nitrogen and oxygen atoms in total. The van der Waals surface area contributed by atoms with E-state index in [1.165, 1.54) is 0 Å². The van der Waals surface area contributed by atoms with Crippen molar-refractivity contribution in [2.24, 2.45) is 0 Å². The van der Waals surface area contributed by atoms with Crippen LogP contribution in [0.3, 0.4) is 0 Å². The molecular weight excluding hydrogens is 340 g/mol. The van der Waals surface area contributed by atoms with E-state index < -0.39 is 0 Å². The van der Waals surface area contributed by atoms with Crippen LogP contribution in [-0.4, -0.2) is 24.5 Å². The van der Waals surface area contributed by atoms with Gasteiger partial charge in [-0.2, -0.15) is 0 Å². The molecule has 0 unspecified atom stereocenters. The van der Waals surface area contributed by atoms with Gasteiger partial charge in [-0.05, 0) is 54.5 Å². The van der Waals surface area contributed by atoms with E-state index in [2.05, 4.69) is 10.3 Å². The molecule has 0 saturated heterocycles. The molecule has 5 heteroatoms. The number of fused-ring (bicyclic) bond motifs is 1. The number of aromatic amines is 1. The van der Waals surface area contributed by atoms with Crippen LogP contribution >= 0.6 is 0 Å². The number of benzene rings is 2. The fraction of sp³-hybridized carbons (Fsp3) is 0.273. The molecule has 1 aromatic heterocycles. The second-order valence-electron chi connectivity index (χ2n) is 6.63. The van der Waals surface area contributed by atoms with E-state index in [0.717, 1.165) is 27.8 Å². The van der Waals surface area contributed by atoms with Gasteiger partial charge in [0, 0.05) is 24.0 Å². The van der Waals surface area contributed by atoms with Crippen molar-refractivity contribution >= 4 is 16.8 Å². The fourth-order valence-corrected chi connectivity index (χ4v) is 3.13. The number of H-pyrrole nitrogens is 1. The summed E-state index contributed by atoms with van der Waals surface area (Å²) < 4.78 is 5.31. The molecule has 0 aliphatic rings. The summed E-state index contributed by atoms with van der Waals surface area (Å²) in [6, 6.07) is 15.6. The third kappa shape index (κ3) is 4.76. The van der Waals surface area contributed by atoms with Crippen LogP contribution in [0.1, 0.15) is 23.1 Å². The van der Waals surface area contributed by atoms with Crippen molar-refractivity contribution in [3.63, 3.8) is 0 Å². The molecule has 3 aromatic rings. The maximum absolute atomic E-state index is 12.2. The topological polar surface area (TPSA) is 71.2 Å². The Labute approximate surface area is 158 Å². The van der Waals surface area contributed by atoms with Crippen molar-refractivity contribution in [2.45, 2.75) is 26.2 Å². The number of hydrogen-bond acceptors (Lipinski definition) is 3. The number of aryl methyl sites for hydroxylation is 2. The van der Waals surface area contributed by atoms with E-state index in [1.54, 1.807) is 7.11 Å². The van der Waals surface area contributed by atoms with Crippen LogP contribution in [0.15, 0.2) is 53.3 Å². The van der Waals surface area contributed by atoms with Crippen molar-refractivity contribution < 1.29 is 9.53 Å². The Bertz CT molecular complexity index is 1010. The molecule has 0 bridgehead atoms. The first-order chi connectivity index (χ1) is 13.1. The molecule has 1 heterocycles. The van der Waals surface area contributed by atoms with Crippen LogP contribution < -0.4 is 15.6 Å². The zero-order chi connectivity index (χ0) is 19.2. The van der Waals surface area contributed by atoms with E-state index in [0.29, 0.717) is 24.9 Å². The van der Waals surface area contributed by atoms with Crippen molar-refractivity contribution in [1.29, 1.82) is 0 Å². The molecule has 0 atom stereocenters. The number of aromatic nitrogens is 1. The summed E-state index contributed by atoms with van der Waals surface area (Å²) in [5, 5.41) is 3.89. The Morgan fingerprint density at radius 3 is 2.70 bits per heavy atom. The number of carbonyl (C=O) groups is 1. The lowest BCUT2D eigenvalue weighted by atomic mass is 10.1. The van der Waals surface area contributed by atoms with Crippen LogP contribution in [-0.2, 0) is 17.6 Å². The van der Waals surface area contributed by atoms with Gasteiger partial charge in [-0.15, -0.1) is 0 Å². The summed E-state index contributed by atoms with van der Waals surface area (Å²) in [7, 11) is 1.64. The molecule has 1 amide bonds. The number of amides is 1. The van der Waals surface area contributed by atoms with Crippen molar-refractivity contribution in [3.8, 4) is 5.75 Å². The molecule has 0 saturated carbocycles. The number of hydrogen-bond donors (Lipinski definition) is 2. The lowest BCUT2D eigenvalue weighted by molar-refractivity contribution is -0.121.